The molecule has 0 aliphatic carbocycles. The molecule has 0 radical (unpaired) electrons. The van der Waals surface area contributed by atoms with Crippen LogP contribution in [0.2, 0.25) is 0 Å². The van der Waals surface area contributed by atoms with Gasteiger partial charge < -0.3 is 5.32 Å². The fourth-order valence-electron chi connectivity index (χ4n) is 1.72. The molecule has 0 aliphatic rings. The van der Waals surface area contributed by atoms with E-state index in [1.54, 1.807) is 0 Å². The minimum Gasteiger partial charge on any atom is -0.355 e. The van der Waals surface area contributed by atoms with Crippen LogP contribution in [0.3, 0.4) is 0 Å². The van der Waals surface area contributed by atoms with Gasteiger partial charge in [0.1, 0.15) is 0 Å². The molecular formula is C14H27N3O. The highest BCUT2D eigenvalue weighted by atomic mass is 16.2. The number of nitriles is 1. The van der Waals surface area contributed by atoms with Gasteiger partial charge in [0, 0.05) is 26.1 Å². The summed E-state index contributed by atoms with van der Waals surface area (Å²) in [7, 11) is 0. The Balaban J connectivity index is 3.98. The summed E-state index contributed by atoms with van der Waals surface area (Å²) < 4.78 is 0. The molecular weight excluding hydrogens is 226 g/mol. The molecule has 18 heavy (non-hydrogen) atoms. The second-order valence-corrected chi connectivity index (χ2v) is 5.57. The first kappa shape index (κ1) is 16.9. The van der Waals surface area contributed by atoms with E-state index in [9.17, 15) is 4.79 Å². The van der Waals surface area contributed by atoms with Crippen molar-refractivity contribution in [3.8, 4) is 6.07 Å². The summed E-state index contributed by atoms with van der Waals surface area (Å²) in [5.74, 6) is 1.18. The molecule has 0 bridgehead atoms. The van der Waals surface area contributed by atoms with E-state index in [1.165, 1.54) is 0 Å². The van der Waals surface area contributed by atoms with Crippen molar-refractivity contribution >= 4 is 5.91 Å². The van der Waals surface area contributed by atoms with Gasteiger partial charge in [0.05, 0.1) is 12.6 Å². The van der Waals surface area contributed by atoms with Gasteiger partial charge in [0.15, 0.2) is 0 Å². The van der Waals surface area contributed by atoms with E-state index >= 15 is 0 Å². The third kappa shape index (κ3) is 10.1. The molecule has 0 unspecified atom stereocenters. The molecule has 0 fully saturated rings. The van der Waals surface area contributed by atoms with Gasteiger partial charge in [-0.25, -0.2) is 0 Å². The van der Waals surface area contributed by atoms with Crippen molar-refractivity contribution in [2.24, 2.45) is 11.8 Å². The average molecular weight is 253 g/mol. The molecule has 0 saturated heterocycles. The monoisotopic (exact) mass is 253 g/mol. The maximum Gasteiger partial charge on any atom is 0.234 e. The van der Waals surface area contributed by atoms with Gasteiger partial charge in [-0.15, -0.1) is 0 Å². The smallest absolute Gasteiger partial charge is 0.234 e. The highest BCUT2D eigenvalue weighted by Gasteiger charge is 2.11. The van der Waals surface area contributed by atoms with Gasteiger partial charge in [0.2, 0.25) is 5.91 Å². The summed E-state index contributed by atoms with van der Waals surface area (Å²) >= 11 is 0. The third-order valence-electron chi connectivity index (χ3n) is 2.57. The van der Waals surface area contributed by atoms with E-state index in [4.69, 9.17) is 5.26 Å². The van der Waals surface area contributed by atoms with Crippen LogP contribution in [0.25, 0.3) is 0 Å². The predicted octanol–water partition coefficient (Wildman–Crippen LogP) is 2.02. The second kappa shape index (κ2) is 9.90. The van der Waals surface area contributed by atoms with E-state index in [2.05, 4.69) is 44.0 Å². The molecule has 0 atom stereocenters. The lowest BCUT2D eigenvalue weighted by molar-refractivity contribution is -0.122. The normalized spacial score (nSPS) is 11.0. The molecule has 4 nitrogen and oxygen atoms in total. The molecule has 104 valence electrons. The molecule has 0 aromatic carbocycles. The number of carbonyl (C=O) groups excluding carboxylic acids is 1. The van der Waals surface area contributed by atoms with E-state index in [-0.39, 0.29) is 5.91 Å². The topological polar surface area (TPSA) is 56.1 Å². The van der Waals surface area contributed by atoms with E-state index < -0.39 is 0 Å². The van der Waals surface area contributed by atoms with Crippen LogP contribution in [-0.2, 0) is 4.79 Å². The van der Waals surface area contributed by atoms with Gasteiger partial charge in [-0.2, -0.15) is 5.26 Å². The Morgan fingerprint density at radius 2 is 1.94 bits per heavy atom. The first-order valence-corrected chi connectivity index (χ1v) is 6.81. The Labute approximate surface area is 111 Å². The van der Waals surface area contributed by atoms with Crippen molar-refractivity contribution in [2.75, 3.05) is 26.2 Å². The van der Waals surface area contributed by atoms with Crippen LogP contribution in [0, 0.1) is 23.2 Å². The van der Waals surface area contributed by atoms with Crippen LogP contribution in [0.5, 0.6) is 0 Å². The SMILES string of the molecule is CC(C)CCNC(=O)CN(CCC#N)CC(C)C. The summed E-state index contributed by atoms with van der Waals surface area (Å²) in [5, 5.41) is 11.5. The zero-order valence-corrected chi connectivity index (χ0v) is 12.2. The van der Waals surface area contributed by atoms with Gasteiger partial charge in [-0.1, -0.05) is 27.7 Å². The Kier molecular flexibility index (Phi) is 9.31. The Bertz CT molecular complexity index is 269. The van der Waals surface area contributed by atoms with Crippen molar-refractivity contribution in [1.29, 1.82) is 5.26 Å². The van der Waals surface area contributed by atoms with Crippen LogP contribution in [-0.4, -0.2) is 37.0 Å². The van der Waals surface area contributed by atoms with Crippen LogP contribution in [0.1, 0.15) is 40.5 Å². The predicted molar refractivity (Wildman–Crippen MR) is 74.0 cm³/mol. The lowest BCUT2D eigenvalue weighted by Gasteiger charge is -2.22. The highest BCUT2D eigenvalue weighted by molar-refractivity contribution is 5.77. The largest absolute Gasteiger partial charge is 0.355 e. The van der Waals surface area contributed by atoms with Gasteiger partial charge in [-0.3, -0.25) is 9.69 Å². The summed E-state index contributed by atoms with van der Waals surface area (Å²) in [6.45, 7) is 11.2. The highest BCUT2D eigenvalue weighted by Crippen LogP contribution is 2.00. The van der Waals surface area contributed by atoms with Crippen molar-refractivity contribution in [2.45, 2.75) is 40.5 Å². The second-order valence-electron chi connectivity index (χ2n) is 5.57. The van der Waals surface area contributed by atoms with Gasteiger partial charge in [0.25, 0.3) is 0 Å². The number of nitrogens with zero attached hydrogens (tertiary/aromatic N) is 2. The fourth-order valence-corrected chi connectivity index (χ4v) is 1.72. The number of carbonyl (C=O) groups is 1. The van der Waals surface area contributed by atoms with Crippen molar-refractivity contribution < 1.29 is 4.79 Å². The Hall–Kier alpha value is -1.08. The minimum absolute atomic E-state index is 0.0641. The van der Waals surface area contributed by atoms with E-state index in [0.717, 1.165) is 19.5 Å². The molecule has 0 aromatic heterocycles. The first-order chi connectivity index (χ1) is 8.45. The third-order valence-corrected chi connectivity index (χ3v) is 2.57. The van der Waals surface area contributed by atoms with Crippen LogP contribution in [0.15, 0.2) is 0 Å². The summed E-state index contributed by atoms with van der Waals surface area (Å²) in [6, 6.07) is 2.13. The number of nitrogens with one attached hydrogen (secondary N) is 1. The molecule has 0 heterocycles. The summed E-state index contributed by atoms with van der Waals surface area (Å²) in [4.78, 5) is 13.8. The molecule has 0 saturated carbocycles. The Morgan fingerprint density at radius 3 is 2.44 bits per heavy atom. The standard InChI is InChI=1S/C14H27N3O/c1-12(2)6-8-16-14(18)11-17(9-5-7-15)10-13(3)4/h12-13H,5-6,8-11H2,1-4H3,(H,16,18). The molecule has 1 N–H and O–H groups in total. The van der Waals surface area contributed by atoms with Crippen LogP contribution >= 0.6 is 0 Å². The number of amides is 1. The summed E-state index contributed by atoms with van der Waals surface area (Å²) in [5.41, 5.74) is 0. The van der Waals surface area contributed by atoms with Gasteiger partial charge in [-0.05, 0) is 18.3 Å². The molecule has 0 aromatic rings. The zero-order valence-electron chi connectivity index (χ0n) is 12.2. The fraction of sp³-hybridized carbons (Fsp3) is 0.857. The molecule has 0 rings (SSSR count). The Morgan fingerprint density at radius 1 is 1.28 bits per heavy atom. The van der Waals surface area contributed by atoms with Crippen LogP contribution in [0.4, 0.5) is 0 Å². The van der Waals surface area contributed by atoms with E-state index in [1.807, 2.05) is 0 Å². The zero-order chi connectivity index (χ0) is 14.0. The molecule has 1 amide bonds. The van der Waals surface area contributed by atoms with E-state index in [0.29, 0.717) is 31.3 Å². The maximum absolute atomic E-state index is 11.7. The molecule has 0 spiro atoms. The first-order valence-electron chi connectivity index (χ1n) is 6.81. The van der Waals surface area contributed by atoms with Crippen molar-refractivity contribution in [3.05, 3.63) is 0 Å². The van der Waals surface area contributed by atoms with Crippen molar-refractivity contribution in [3.63, 3.8) is 0 Å². The number of hydrogen-bond acceptors (Lipinski definition) is 3. The quantitative estimate of drug-likeness (QED) is 0.684. The minimum atomic E-state index is 0.0641. The summed E-state index contributed by atoms with van der Waals surface area (Å²) in [6.07, 6.45) is 1.49. The lowest BCUT2D eigenvalue weighted by Crippen LogP contribution is -2.39. The number of hydrogen-bond donors (Lipinski definition) is 1. The van der Waals surface area contributed by atoms with Gasteiger partial charge >= 0.3 is 0 Å². The average Bonchev–Trinajstić information content (AvgIpc) is 2.24. The maximum atomic E-state index is 11.7. The molecule has 0 aliphatic heterocycles. The molecule has 4 heteroatoms. The lowest BCUT2D eigenvalue weighted by atomic mass is 10.1. The number of rotatable bonds is 9. The van der Waals surface area contributed by atoms with Crippen molar-refractivity contribution in [1.82, 2.24) is 10.2 Å². The van der Waals surface area contributed by atoms with Crippen LogP contribution < -0.4 is 5.32 Å².